The van der Waals surface area contributed by atoms with Crippen LogP contribution in [0.1, 0.15) is 37.9 Å². The molecule has 4 heteroatoms. The first kappa shape index (κ1) is 12.4. The highest BCUT2D eigenvalue weighted by Crippen LogP contribution is 2.26. The van der Waals surface area contributed by atoms with Crippen LogP contribution in [-0.4, -0.2) is 28.9 Å². The first-order valence-electron chi connectivity index (χ1n) is 6.60. The number of aryl methyl sites for hydroxylation is 2. The lowest BCUT2D eigenvalue weighted by Gasteiger charge is -2.20. The predicted molar refractivity (Wildman–Crippen MR) is 71.4 cm³/mol. The van der Waals surface area contributed by atoms with Gasteiger partial charge >= 0.3 is 0 Å². The van der Waals surface area contributed by atoms with Gasteiger partial charge in [-0.25, -0.2) is 0 Å². The smallest absolute Gasteiger partial charge is 0.131 e. The van der Waals surface area contributed by atoms with Crippen molar-refractivity contribution in [1.29, 1.82) is 0 Å². The van der Waals surface area contributed by atoms with Crippen LogP contribution in [0.4, 0.5) is 5.82 Å². The fraction of sp³-hybridized carbons (Fsp3) is 0.769. The number of anilines is 1. The van der Waals surface area contributed by atoms with E-state index in [0.29, 0.717) is 6.04 Å². The normalized spacial score (nSPS) is 16.2. The molecule has 4 nitrogen and oxygen atoms in total. The maximum Gasteiger partial charge on any atom is 0.131 e. The van der Waals surface area contributed by atoms with Crippen molar-refractivity contribution in [2.45, 2.75) is 46.2 Å². The Morgan fingerprint density at radius 2 is 1.94 bits per heavy atom. The summed E-state index contributed by atoms with van der Waals surface area (Å²) in [6, 6.07) is 0.515. The topological polar surface area (TPSA) is 33.1 Å². The van der Waals surface area contributed by atoms with Gasteiger partial charge in [0.1, 0.15) is 5.82 Å². The molecular weight excluding hydrogens is 212 g/mol. The second-order valence-electron chi connectivity index (χ2n) is 5.24. The summed E-state index contributed by atoms with van der Waals surface area (Å²) in [4.78, 5) is 2.47. The van der Waals surface area contributed by atoms with E-state index < -0.39 is 0 Å². The minimum Gasteiger partial charge on any atom is -0.357 e. The summed E-state index contributed by atoms with van der Waals surface area (Å²) in [6.45, 7) is 9.74. The Kier molecular flexibility index (Phi) is 3.72. The molecule has 1 aromatic rings. The first-order valence-corrected chi connectivity index (χ1v) is 6.60. The molecule has 0 spiro atoms. The molecule has 0 bridgehead atoms. The van der Waals surface area contributed by atoms with Gasteiger partial charge in [-0.2, -0.15) is 5.10 Å². The summed E-state index contributed by atoms with van der Waals surface area (Å²) >= 11 is 0. The zero-order valence-electron chi connectivity index (χ0n) is 11.5. The molecular formula is C13H24N4. The van der Waals surface area contributed by atoms with E-state index in [1.165, 1.54) is 37.3 Å². The molecule has 96 valence electrons. The third-order valence-electron chi connectivity index (χ3n) is 3.41. The Morgan fingerprint density at radius 3 is 2.53 bits per heavy atom. The molecule has 0 radical (unpaired) electrons. The van der Waals surface area contributed by atoms with Crippen LogP contribution in [0.2, 0.25) is 0 Å². The highest BCUT2D eigenvalue weighted by Gasteiger charge is 2.21. The van der Waals surface area contributed by atoms with Gasteiger partial charge in [0.15, 0.2) is 0 Å². The van der Waals surface area contributed by atoms with Crippen molar-refractivity contribution in [2.75, 3.05) is 18.0 Å². The van der Waals surface area contributed by atoms with Crippen molar-refractivity contribution in [3.63, 3.8) is 0 Å². The van der Waals surface area contributed by atoms with E-state index in [1.807, 2.05) is 4.68 Å². The fourth-order valence-electron chi connectivity index (χ4n) is 2.53. The van der Waals surface area contributed by atoms with Gasteiger partial charge in [-0.1, -0.05) is 13.8 Å². The lowest BCUT2D eigenvalue weighted by molar-refractivity contribution is 0.586. The number of rotatable bonds is 4. The van der Waals surface area contributed by atoms with Crippen molar-refractivity contribution in [3.8, 4) is 0 Å². The lowest BCUT2D eigenvalue weighted by atomic mass is 10.2. The number of nitrogens with zero attached hydrogens (tertiary/aromatic N) is 3. The van der Waals surface area contributed by atoms with Crippen LogP contribution in [0, 0.1) is 6.92 Å². The Hall–Kier alpha value is -1.03. The molecule has 1 aliphatic rings. The third-order valence-corrected chi connectivity index (χ3v) is 3.41. The predicted octanol–water partition coefficient (Wildman–Crippen LogP) is 1.83. The van der Waals surface area contributed by atoms with Gasteiger partial charge < -0.3 is 10.2 Å². The van der Waals surface area contributed by atoms with Crippen LogP contribution in [0.25, 0.3) is 0 Å². The Balaban J connectivity index is 2.22. The molecule has 1 saturated heterocycles. The van der Waals surface area contributed by atoms with Gasteiger partial charge in [0.05, 0.1) is 5.69 Å². The van der Waals surface area contributed by atoms with Crippen molar-refractivity contribution in [2.24, 2.45) is 7.05 Å². The number of nitrogens with one attached hydrogen (secondary N) is 1. The van der Waals surface area contributed by atoms with Crippen molar-refractivity contribution >= 4 is 5.82 Å². The molecule has 1 aromatic heterocycles. The second-order valence-corrected chi connectivity index (χ2v) is 5.24. The average molecular weight is 236 g/mol. The molecule has 0 amide bonds. The molecule has 0 aromatic carbocycles. The molecule has 1 aliphatic heterocycles. The maximum atomic E-state index is 4.57. The number of hydrogen-bond donors (Lipinski definition) is 1. The molecule has 1 fully saturated rings. The standard InChI is InChI=1S/C13H24N4/c1-10(2)14-9-12-11(3)15-16(4)13(12)17-7-5-6-8-17/h10,14H,5-9H2,1-4H3. The summed E-state index contributed by atoms with van der Waals surface area (Å²) < 4.78 is 2.04. The number of aromatic nitrogens is 2. The zero-order valence-corrected chi connectivity index (χ0v) is 11.5. The first-order chi connectivity index (χ1) is 8.09. The highest BCUT2D eigenvalue weighted by molar-refractivity contribution is 5.50. The van der Waals surface area contributed by atoms with Crippen molar-refractivity contribution < 1.29 is 0 Å². The van der Waals surface area contributed by atoms with Gasteiger partial charge in [0.2, 0.25) is 0 Å². The second kappa shape index (κ2) is 5.08. The monoisotopic (exact) mass is 236 g/mol. The van der Waals surface area contributed by atoms with Crippen LogP contribution in [0.5, 0.6) is 0 Å². The fourth-order valence-corrected chi connectivity index (χ4v) is 2.53. The minimum atomic E-state index is 0.515. The SMILES string of the molecule is Cc1nn(C)c(N2CCCC2)c1CNC(C)C. The van der Waals surface area contributed by atoms with E-state index in [4.69, 9.17) is 0 Å². The molecule has 0 atom stereocenters. The summed E-state index contributed by atoms with van der Waals surface area (Å²) in [6.07, 6.45) is 2.61. The van der Waals surface area contributed by atoms with Gasteiger partial charge in [-0.3, -0.25) is 4.68 Å². The van der Waals surface area contributed by atoms with Gasteiger partial charge in [-0.05, 0) is 19.8 Å². The highest BCUT2D eigenvalue weighted by atomic mass is 15.4. The van der Waals surface area contributed by atoms with E-state index >= 15 is 0 Å². The maximum absolute atomic E-state index is 4.57. The van der Waals surface area contributed by atoms with Gasteiger partial charge in [-0.15, -0.1) is 0 Å². The van der Waals surface area contributed by atoms with Gasteiger partial charge in [0.25, 0.3) is 0 Å². The molecule has 0 aliphatic carbocycles. The molecule has 1 N–H and O–H groups in total. The van der Waals surface area contributed by atoms with E-state index in [1.54, 1.807) is 0 Å². The minimum absolute atomic E-state index is 0.515. The molecule has 2 rings (SSSR count). The Bertz CT molecular complexity index is 375. The van der Waals surface area contributed by atoms with Crippen LogP contribution in [0.3, 0.4) is 0 Å². The van der Waals surface area contributed by atoms with E-state index in [2.05, 4.69) is 43.1 Å². The summed E-state index contributed by atoms with van der Waals surface area (Å²) in [7, 11) is 2.06. The van der Waals surface area contributed by atoms with Crippen molar-refractivity contribution in [3.05, 3.63) is 11.3 Å². The van der Waals surface area contributed by atoms with Crippen molar-refractivity contribution in [1.82, 2.24) is 15.1 Å². The summed E-state index contributed by atoms with van der Waals surface area (Å²) in [5.74, 6) is 1.31. The molecule has 2 heterocycles. The van der Waals surface area contributed by atoms with Gasteiger partial charge in [0, 0.05) is 38.3 Å². The lowest BCUT2D eigenvalue weighted by Crippen LogP contribution is -2.26. The quantitative estimate of drug-likeness (QED) is 0.866. The van der Waals surface area contributed by atoms with E-state index in [9.17, 15) is 0 Å². The molecule has 0 saturated carbocycles. The zero-order chi connectivity index (χ0) is 12.4. The summed E-state index contributed by atoms with van der Waals surface area (Å²) in [5, 5.41) is 8.07. The Morgan fingerprint density at radius 1 is 1.29 bits per heavy atom. The van der Waals surface area contributed by atoms with Crippen LogP contribution in [-0.2, 0) is 13.6 Å². The summed E-state index contributed by atoms with van der Waals surface area (Å²) in [5.41, 5.74) is 2.52. The van der Waals surface area contributed by atoms with Crippen LogP contribution < -0.4 is 10.2 Å². The van der Waals surface area contributed by atoms with Crippen LogP contribution in [0.15, 0.2) is 0 Å². The Labute approximate surface area is 104 Å². The molecule has 0 unspecified atom stereocenters. The largest absolute Gasteiger partial charge is 0.357 e. The average Bonchev–Trinajstić information content (AvgIpc) is 2.83. The van der Waals surface area contributed by atoms with Crippen LogP contribution >= 0.6 is 0 Å². The number of hydrogen-bond acceptors (Lipinski definition) is 3. The molecule has 17 heavy (non-hydrogen) atoms. The third kappa shape index (κ3) is 2.63. The van der Waals surface area contributed by atoms with E-state index in [-0.39, 0.29) is 0 Å². The van der Waals surface area contributed by atoms with E-state index in [0.717, 1.165) is 12.2 Å².